The Morgan fingerprint density at radius 1 is 0.818 bits per heavy atom. The highest BCUT2D eigenvalue weighted by molar-refractivity contribution is 7.92. The molecule has 2 amide bonds. The average Bonchev–Trinajstić information content (AvgIpc) is 3.03. The van der Waals surface area contributed by atoms with Gasteiger partial charge >= 0.3 is 0 Å². The summed E-state index contributed by atoms with van der Waals surface area (Å²) >= 11 is 0. The molecule has 0 spiro atoms. The molecule has 0 radical (unpaired) electrons. The van der Waals surface area contributed by atoms with Gasteiger partial charge < -0.3 is 10.2 Å². The second-order valence-electron chi connectivity index (χ2n) is 10.8. The van der Waals surface area contributed by atoms with Crippen molar-refractivity contribution in [2.45, 2.75) is 57.1 Å². The predicted octanol–water partition coefficient (Wildman–Crippen LogP) is 5.88. The van der Waals surface area contributed by atoms with Crippen molar-refractivity contribution in [2.75, 3.05) is 10.8 Å². The van der Waals surface area contributed by atoms with Gasteiger partial charge in [-0.2, -0.15) is 0 Å². The van der Waals surface area contributed by atoms with Crippen LogP contribution < -0.4 is 9.62 Å². The van der Waals surface area contributed by atoms with Crippen molar-refractivity contribution in [3.8, 4) is 0 Å². The second-order valence-corrected chi connectivity index (χ2v) is 12.7. The van der Waals surface area contributed by atoms with E-state index in [1.165, 1.54) is 17.0 Å². The van der Waals surface area contributed by atoms with Crippen LogP contribution in [0.1, 0.15) is 37.0 Å². The molecular weight excluding hydrogens is 577 g/mol. The number of rotatable bonds is 13. The smallest absolute Gasteiger partial charge is 0.264 e. The molecule has 0 aliphatic heterocycles. The van der Waals surface area contributed by atoms with Crippen molar-refractivity contribution in [1.29, 1.82) is 0 Å². The van der Waals surface area contributed by atoms with Crippen molar-refractivity contribution >= 4 is 27.5 Å². The van der Waals surface area contributed by atoms with E-state index in [0.29, 0.717) is 6.42 Å². The van der Waals surface area contributed by atoms with Gasteiger partial charge in [0.1, 0.15) is 18.4 Å². The lowest BCUT2D eigenvalue weighted by Crippen LogP contribution is -2.54. The van der Waals surface area contributed by atoms with Crippen LogP contribution in [-0.4, -0.2) is 43.8 Å². The Kier molecular flexibility index (Phi) is 10.9. The molecule has 0 heterocycles. The van der Waals surface area contributed by atoms with E-state index < -0.39 is 34.3 Å². The Morgan fingerprint density at radius 2 is 1.39 bits per heavy atom. The zero-order valence-corrected chi connectivity index (χ0v) is 26.0. The summed E-state index contributed by atoms with van der Waals surface area (Å²) < 4.78 is 42.7. The monoisotopic (exact) mass is 615 g/mol. The normalized spacial score (nSPS) is 12.6. The number of hydrogen-bond acceptors (Lipinski definition) is 4. The Labute approximate surface area is 259 Å². The van der Waals surface area contributed by atoms with E-state index in [9.17, 15) is 22.4 Å². The summed E-state index contributed by atoms with van der Waals surface area (Å²) in [4.78, 5) is 29.5. The van der Waals surface area contributed by atoms with Crippen molar-refractivity contribution in [1.82, 2.24) is 10.2 Å². The van der Waals surface area contributed by atoms with Crippen LogP contribution in [0.2, 0.25) is 0 Å². The van der Waals surface area contributed by atoms with Gasteiger partial charge in [-0.1, -0.05) is 85.3 Å². The fourth-order valence-corrected chi connectivity index (χ4v) is 6.16. The van der Waals surface area contributed by atoms with Crippen LogP contribution in [0.3, 0.4) is 0 Å². The highest BCUT2D eigenvalue weighted by atomic mass is 32.2. The Bertz CT molecular complexity index is 1630. The number of carbonyl (C=O) groups excluding carboxylic acids is 2. The number of halogens is 1. The van der Waals surface area contributed by atoms with Gasteiger partial charge in [-0.05, 0) is 67.8 Å². The number of amides is 2. The second kappa shape index (κ2) is 14.8. The molecular formula is C35H38FN3O4S. The first-order valence-electron chi connectivity index (χ1n) is 14.6. The van der Waals surface area contributed by atoms with E-state index in [1.807, 2.05) is 81.4 Å². The minimum absolute atomic E-state index is 0.0867. The number of carbonyl (C=O) groups is 2. The summed E-state index contributed by atoms with van der Waals surface area (Å²) in [6.45, 7) is 5.25. The van der Waals surface area contributed by atoms with Crippen LogP contribution in [0.5, 0.6) is 0 Å². The van der Waals surface area contributed by atoms with E-state index in [-0.39, 0.29) is 35.5 Å². The van der Waals surface area contributed by atoms with Gasteiger partial charge in [0.2, 0.25) is 11.8 Å². The van der Waals surface area contributed by atoms with Gasteiger partial charge in [0.15, 0.2) is 0 Å². The molecule has 2 atom stereocenters. The fourth-order valence-electron chi connectivity index (χ4n) is 4.75. The van der Waals surface area contributed by atoms with Crippen LogP contribution in [0.25, 0.3) is 0 Å². The van der Waals surface area contributed by atoms with Gasteiger partial charge in [0, 0.05) is 19.0 Å². The third-order valence-corrected chi connectivity index (χ3v) is 9.26. The zero-order valence-electron chi connectivity index (χ0n) is 25.2. The third kappa shape index (κ3) is 8.32. The van der Waals surface area contributed by atoms with Crippen molar-refractivity contribution < 1.29 is 22.4 Å². The molecule has 0 saturated heterocycles. The maximum atomic E-state index is 14.4. The number of benzene rings is 4. The number of hydrogen-bond donors (Lipinski definition) is 1. The van der Waals surface area contributed by atoms with Crippen LogP contribution >= 0.6 is 0 Å². The molecule has 0 aliphatic carbocycles. The first kappa shape index (κ1) is 32.4. The molecule has 230 valence electrons. The molecule has 44 heavy (non-hydrogen) atoms. The van der Waals surface area contributed by atoms with Crippen molar-refractivity contribution in [3.05, 3.63) is 132 Å². The van der Waals surface area contributed by atoms with Gasteiger partial charge in [0.05, 0.1) is 10.6 Å². The van der Waals surface area contributed by atoms with E-state index in [1.54, 1.807) is 24.3 Å². The SMILES string of the molecule is CC[C@@H](C)NC(=O)[C@H](Cc1ccccc1)N(Cc1ccccc1)C(=O)CN(c1ccc(C)cc1)S(=O)(=O)c1ccc(F)cc1. The predicted molar refractivity (Wildman–Crippen MR) is 171 cm³/mol. The molecule has 0 aliphatic rings. The highest BCUT2D eigenvalue weighted by Gasteiger charge is 2.35. The Balaban J connectivity index is 1.79. The molecule has 4 aromatic rings. The van der Waals surface area contributed by atoms with Gasteiger partial charge in [-0.25, -0.2) is 12.8 Å². The van der Waals surface area contributed by atoms with Crippen LogP contribution in [0, 0.1) is 12.7 Å². The molecule has 7 nitrogen and oxygen atoms in total. The van der Waals surface area contributed by atoms with E-state index in [0.717, 1.165) is 33.1 Å². The van der Waals surface area contributed by atoms with Gasteiger partial charge in [-0.3, -0.25) is 13.9 Å². The molecule has 0 aromatic heterocycles. The number of sulfonamides is 1. The van der Waals surface area contributed by atoms with Crippen molar-refractivity contribution in [3.63, 3.8) is 0 Å². The largest absolute Gasteiger partial charge is 0.352 e. The molecule has 4 aromatic carbocycles. The fraction of sp³-hybridized carbons (Fsp3) is 0.257. The third-order valence-electron chi connectivity index (χ3n) is 7.47. The lowest BCUT2D eigenvalue weighted by Gasteiger charge is -2.34. The van der Waals surface area contributed by atoms with Crippen LogP contribution in [-0.2, 0) is 32.6 Å². The summed E-state index contributed by atoms with van der Waals surface area (Å²) in [7, 11) is -4.29. The first-order chi connectivity index (χ1) is 21.1. The lowest BCUT2D eigenvalue weighted by atomic mass is 10.0. The molecule has 0 unspecified atom stereocenters. The summed E-state index contributed by atoms with van der Waals surface area (Å²) in [5.41, 5.74) is 2.83. The van der Waals surface area contributed by atoms with Gasteiger partial charge in [0.25, 0.3) is 10.0 Å². The van der Waals surface area contributed by atoms with E-state index >= 15 is 0 Å². The van der Waals surface area contributed by atoms with E-state index in [4.69, 9.17) is 0 Å². The summed E-state index contributed by atoms with van der Waals surface area (Å²) in [6, 6.07) is 28.9. The standard InChI is InChI=1S/C35H38FN3O4S/c1-4-27(3)37-35(41)33(23-28-11-7-5-8-12-28)38(24-29-13-9-6-10-14-29)34(40)25-39(31-19-15-26(2)16-20-31)44(42,43)32-21-17-30(36)18-22-32/h5-22,27,33H,4,23-25H2,1-3H3,(H,37,41)/t27-,33+/m1/s1. The van der Waals surface area contributed by atoms with Crippen LogP contribution in [0.15, 0.2) is 114 Å². The molecule has 0 bridgehead atoms. The highest BCUT2D eigenvalue weighted by Crippen LogP contribution is 2.26. The van der Waals surface area contributed by atoms with Gasteiger partial charge in [-0.15, -0.1) is 0 Å². The maximum Gasteiger partial charge on any atom is 0.264 e. The summed E-state index contributed by atoms with van der Waals surface area (Å²) in [6.07, 6.45) is 0.935. The molecule has 0 saturated carbocycles. The zero-order chi connectivity index (χ0) is 31.7. The minimum Gasteiger partial charge on any atom is -0.352 e. The topological polar surface area (TPSA) is 86.8 Å². The minimum atomic E-state index is -4.29. The summed E-state index contributed by atoms with van der Waals surface area (Å²) in [5, 5.41) is 3.02. The summed E-state index contributed by atoms with van der Waals surface area (Å²) in [5.74, 6) is -1.46. The number of nitrogens with one attached hydrogen (secondary N) is 1. The molecule has 0 fully saturated rings. The Morgan fingerprint density at radius 3 is 1.95 bits per heavy atom. The molecule has 1 N–H and O–H groups in total. The number of nitrogens with zero attached hydrogens (tertiary/aromatic N) is 2. The molecule has 4 rings (SSSR count). The quantitative estimate of drug-likeness (QED) is 0.203. The van der Waals surface area contributed by atoms with Crippen LogP contribution in [0.4, 0.5) is 10.1 Å². The number of anilines is 1. The Hall–Kier alpha value is -4.50. The van der Waals surface area contributed by atoms with E-state index in [2.05, 4.69) is 5.32 Å². The average molecular weight is 616 g/mol. The lowest BCUT2D eigenvalue weighted by molar-refractivity contribution is -0.140. The maximum absolute atomic E-state index is 14.4. The molecule has 9 heteroatoms. The first-order valence-corrected chi connectivity index (χ1v) is 16.0. The number of aryl methyl sites for hydroxylation is 1. The van der Waals surface area contributed by atoms with Crippen molar-refractivity contribution in [2.24, 2.45) is 0 Å².